The zero-order valence-electron chi connectivity index (χ0n) is 14.0. The summed E-state index contributed by atoms with van der Waals surface area (Å²) in [6.45, 7) is 3.62. The number of ether oxygens (including phenoxy) is 1. The van der Waals surface area contributed by atoms with Gasteiger partial charge in [-0.2, -0.15) is 0 Å². The Morgan fingerprint density at radius 1 is 1.16 bits per heavy atom. The molecule has 1 aromatic heterocycles. The van der Waals surface area contributed by atoms with E-state index in [0.29, 0.717) is 17.1 Å². The summed E-state index contributed by atoms with van der Waals surface area (Å²) in [6, 6.07) is 14.7. The van der Waals surface area contributed by atoms with Gasteiger partial charge in [0, 0.05) is 0 Å². The average molecular weight is 354 g/mol. The van der Waals surface area contributed by atoms with Crippen LogP contribution < -0.4 is 5.32 Å². The normalized spacial score (nSPS) is 10.8. The van der Waals surface area contributed by atoms with Crippen molar-refractivity contribution in [3.8, 4) is 0 Å². The van der Waals surface area contributed by atoms with E-state index < -0.39 is 0 Å². The molecule has 1 N–H and O–H groups in total. The third kappa shape index (κ3) is 4.42. The van der Waals surface area contributed by atoms with Gasteiger partial charge in [0.1, 0.15) is 0 Å². The molecule has 0 saturated heterocycles. The number of esters is 1. The molecule has 6 heteroatoms. The van der Waals surface area contributed by atoms with Gasteiger partial charge in [-0.15, -0.1) is 0 Å². The van der Waals surface area contributed by atoms with E-state index in [1.807, 2.05) is 44.2 Å². The summed E-state index contributed by atoms with van der Waals surface area (Å²) in [7, 11) is 0. The van der Waals surface area contributed by atoms with Crippen LogP contribution in [-0.2, 0) is 16.0 Å². The Balaban J connectivity index is 1.72. The van der Waals surface area contributed by atoms with Crippen LogP contribution in [0.15, 0.2) is 48.5 Å². The fourth-order valence-electron chi connectivity index (χ4n) is 2.33. The summed E-state index contributed by atoms with van der Waals surface area (Å²) >= 11 is 1.34. The van der Waals surface area contributed by atoms with E-state index in [2.05, 4.69) is 10.3 Å². The van der Waals surface area contributed by atoms with E-state index in [-0.39, 0.29) is 18.0 Å². The van der Waals surface area contributed by atoms with Gasteiger partial charge in [0.25, 0.3) is 0 Å². The number of rotatable bonds is 5. The lowest BCUT2D eigenvalue weighted by Gasteiger charge is -2.07. The lowest BCUT2D eigenvalue weighted by molar-refractivity contribution is -0.115. The van der Waals surface area contributed by atoms with Crippen LogP contribution in [-0.4, -0.2) is 23.0 Å². The van der Waals surface area contributed by atoms with Gasteiger partial charge in [-0.3, -0.25) is 4.79 Å². The molecule has 1 amide bonds. The number of hydrogen-bond acceptors (Lipinski definition) is 5. The van der Waals surface area contributed by atoms with Crippen LogP contribution in [0.2, 0.25) is 0 Å². The molecule has 0 aliphatic heterocycles. The zero-order valence-corrected chi connectivity index (χ0v) is 14.8. The minimum Gasteiger partial charge on any atom is -0.459 e. The van der Waals surface area contributed by atoms with Gasteiger partial charge >= 0.3 is 5.97 Å². The molecule has 0 atom stereocenters. The first-order chi connectivity index (χ1) is 12.0. The maximum absolute atomic E-state index is 12.1. The fraction of sp³-hybridized carbons (Fsp3) is 0.211. The number of fused-ring (bicyclic) bond motifs is 1. The minimum atomic E-state index is -0.361. The van der Waals surface area contributed by atoms with Crippen molar-refractivity contribution in [1.29, 1.82) is 0 Å². The smallest absolute Gasteiger partial charge is 0.338 e. The van der Waals surface area contributed by atoms with Crippen molar-refractivity contribution in [3.05, 3.63) is 59.7 Å². The maximum atomic E-state index is 12.1. The topological polar surface area (TPSA) is 68.3 Å². The highest BCUT2D eigenvalue weighted by molar-refractivity contribution is 7.22. The van der Waals surface area contributed by atoms with Crippen molar-refractivity contribution in [2.24, 2.45) is 0 Å². The minimum absolute atomic E-state index is 0.121. The predicted octanol–water partition coefficient (Wildman–Crippen LogP) is 4.04. The summed E-state index contributed by atoms with van der Waals surface area (Å²) in [6.07, 6.45) is 0.125. The summed E-state index contributed by atoms with van der Waals surface area (Å²) in [4.78, 5) is 28.5. The van der Waals surface area contributed by atoms with E-state index in [9.17, 15) is 9.59 Å². The quantitative estimate of drug-likeness (QED) is 0.702. The molecule has 0 radical (unpaired) electrons. The fourth-order valence-corrected chi connectivity index (χ4v) is 3.25. The molecule has 0 fully saturated rings. The highest BCUT2D eigenvalue weighted by atomic mass is 32.1. The number of benzene rings is 2. The Kier molecular flexibility index (Phi) is 5.09. The molecule has 3 rings (SSSR count). The van der Waals surface area contributed by atoms with Crippen molar-refractivity contribution >= 4 is 38.6 Å². The molecule has 0 unspecified atom stereocenters. The summed E-state index contributed by atoms with van der Waals surface area (Å²) in [5, 5.41) is 3.33. The first kappa shape index (κ1) is 17.1. The number of thiazole rings is 1. The van der Waals surface area contributed by atoms with Gasteiger partial charge in [-0.05, 0) is 37.6 Å². The van der Waals surface area contributed by atoms with Crippen LogP contribution in [0.1, 0.15) is 29.8 Å². The summed E-state index contributed by atoms with van der Waals surface area (Å²) in [5.41, 5.74) is 2.16. The number of hydrogen-bond donors (Lipinski definition) is 1. The number of aromatic nitrogens is 1. The summed E-state index contributed by atoms with van der Waals surface area (Å²) in [5.74, 6) is -0.482. The lowest BCUT2D eigenvalue weighted by Crippen LogP contribution is -2.13. The van der Waals surface area contributed by atoms with Crippen molar-refractivity contribution in [3.63, 3.8) is 0 Å². The first-order valence-electron chi connectivity index (χ1n) is 7.96. The molecule has 25 heavy (non-hydrogen) atoms. The van der Waals surface area contributed by atoms with Crippen LogP contribution in [0.4, 0.5) is 5.13 Å². The molecular formula is C19H18N2O3S. The monoisotopic (exact) mass is 354 g/mol. The predicted molar refractivity (Wildman–Crippen MR) is 98.9 cm³/mol. The van der Waals surface area contributed by atoms with Gasteiger partial charge in [-0.25, -0.2) is 9.78 Å². The molecule has 3 aromatic rings. The second kappa shape index (κ2) is 7.44. The molecule has 0 aliphatic rings. The van der Waals surface area contributed by atoms with Gasteiger partial charge in [0.2, 0.25) is 5.91 Å². The molecule has 0 bridgehead atoms. The second-order valence-corrected chi connectivity index (χ2v) is 6.90. The SMILES string of the molecule is CC(C)OC(=O)c1ccc2nc(NC(=O)Cc3ccccc3)sc2c1. The van der Waals surface area contributed by atoms with Gasteiger partial charge in [0.05, 0.1) is 28.3 Å². The Labute approximate surface area is 149 Å². The molecular weight excluding hydrogens is 336 g/mol. The van der Waals surface area contributed by atoms with Crippen LogP contribution in [0, 0.1) is 0 Å². The molecule has 0 spiro atoms. The number of carbonyl (C=O) groups excluding carboxylic acids is 2. The van der Waals surface area contributed by atoms with Crippen LogP contribution in [0.25, 0.3) is 10.2 Å². The highest BCUT2D eigenvalue weighted by Crippen LogP contribution is 2.27. The molecule has 0 aliphatic carbocycles. The molecule has 1 heterocycles. The number of nitrogens with one attached hydrogen (secondary N) is 1. The molecule has 5 nitrogen and oxygen atoms in total. The summed E-state index contributed by atoms with van der Waals surface area (Å²) < 4.78 is 6.03. The standard InChI is InChI=1S/C19H18N2O3S/c1-12(2)24-18(23)14-8-9-15-16(11-14)25-19(20-15)21-17(22)10-13-6-4-3-5-7-13/h3-9,11-12H,10H2,1-2H3,(H,20,21,22). The first-order valence-corrected chi connectivity index (χ1v) is 8.78. The van der Waals surface area contributed by atoms with Crippen LogP contribution in [0.5, 0.6) is 0 Å². The molecule has 0 saturated carbocycles. The van der Waals surface area contributed by atoms with Gasteiger partial charge < -0.3 is 10.1 Å². The molecule has 2 aromatic carbocycles. The van der Waals surface area contributed by atoms with Crippen LogP contribution >= 0.6 is 11.3 Å². The Morgan fingerprint density at radius 3 is 2.64 bits per heavy atom. The second-order valence-electron chi connectivity index (χ2n) is 5.87. The number of carbonyl (C=O) groups is 2. The van der Waals surface area contributed by atoms with Crippen molar-refractivity contribution in [2.75, 3.05) is 5.32 Å². The van der Waals surface area contributed by atoms with Gasteiger partial charge in [-0.1, -0.05) is 41.7 Å². The Morgan fingerprint density at radius 2 is 1.92 bits per heavy atom. The van der Waals surface area contributed by atoms with E-state index >= 15 is 0 Å². The van der Waals surface area contributed by atoms with E-state index in [1.54, 1.807) is 18.2 Å². The third-order valence-electron chi connectivity index (χ3n) is 3.42. The van der Waals surface area contributed by atoms with Crippen molar-refractivity contribution in [1.82, 2.24) is 4.98 Å². The van der Waals surface area contributed by atoms with Gasteiger partial charge in [0.15, 0.2) is 5.13 Å². The molecule has 128 valence electrons. The van der Waals surface area contributed by atoms with E-state index in [1.165, 1.54) is 11.3 Å². The van der Waals surface area contributed by atoms with E-state index in [4.69, 9.17) is 4.74 Å². The maximum Gasteiger partial charge on any atom is 0.338 e. The largest absolute Gasteiger partial charge is 0.459 e. The third-order valence-corrected chi connectivity index (χ3v) is 4.35. The van der Waals surface area contributed by atoms with Crippen molar-refractivity contribution in [2.45, 2.75) is 26.4 Å². The number of amides is 1. The van der Waals surface area contributed by atoms with Crippen LogP contribution in [0.3, 0.4) is 0 Å². The zero-order chi connectivity index (χ0) is 17.8. The Hall–Kier alpha value is -2.73. The average Bonchev–Trinajstić information content (AvgIpc) is 2.96. The van der Waals surface area contributed by atoms with Crippen molar-refractivity contribution < 1.29 is 14.3 Å². The van der Waals surface area contributed by atoms with E-state index in [0.717, 1.165) is 15.8 Å². The highest BCUT2D eigenvalue weighted by Gasteiger charge is 2.13. The lowest BCUT2D eigenvalue weighted by atomic mass is 10.1. The Bertz CT molecular complexity index is 903. The number of nitrogens with zero attached hydrogens (tertiary/aromatic N) is 1. The number of anilines is 1.